The van der Waals surface area contributed by atoms with Gasteiger partial charge >= 0.3 is 5.97 Å². The number of aromatic hydroxyl groups is 1. The smallest absolute Gasteiger partial charge is 0.335 e. The van der Waals surface area contributed by atoms with Gasteiger partial charge in [0.05, 0.1) is 5.57 Å². The molecule has 0 saturated heterocycles. The van der Waals surface area contributed by atoms with Gasteiger partial charge in [-0.25, -0.2) is 4.79 Å². The van der Waals surface area contributed by atoms with Gasteiger partial charge in [-0.05, 0) is 35.3 Å². The van der Waals surface area contributed by atoms with Gasteiger partial charge in [0.1, 0.15) is 5.75 Å². The second-order valence-electron chi connectivity index (χ2n) is 7.18. The standard InChI is InChI=1S/C19H28O3/c1-8-18(4,5)13-10-14(12(3)17(21)22)16(20)15(11-13)19(6,7)9-2/h10-11,20H,3,8-9H2,1-2,4-7H3,(H,21,22). The lowest BCUT2D eigenvalue weighted by Gasteiger charge is -2.30. The molecule has 0 aromatic heterocycles. The van der Waals surface area contributed by atoms with E-state index < -0.39 is 5.97 Å². The number of phenols is 1. The van der Waals surface area contributed by atoms with Crippen molar-refractivity contribution in [1.29, 1.82) is 0 Å². The van der Waals surface area contributed by atoms with Crippen molar-refractivity contribution in [2.45, 2.75) is 65.2 Å². The van der Waals surface area contributed by atoms with Crippen LogP contribution >= 0.6 is 0 Å². The number of rotatable bonds is 6. The lowest BCUT2D eigenvalue weighted by atomic mass is 9.74. The molecular formula is C19H28O3. The van der Waals surface area contributed by atoms with Crippen LogP contribution in [-0.4, -0.2) is 16.2 Å². The van der Waals surface area contributed by atoms with Crippen LogP contribution in [0.15, 0.2) is 18.7 Å². The maximum absolute atomic E-state index is 11.3. The number of aliphatic carboxylic acids is 1. The van der Waals surface area contributed by atoms with Crippen molar-refractivity contribution in [2.75, 3.05) is 0 Å². The summed E-state index contributed by atoms with van der Waals surface area (Å²) in [5, 5.41) is 19.9. The highest BCUT2D eigenvalue weighted by Crippen LogP contribution is 2.42. The number of hydrogen-bond acceptors (Lipinski definition) is 2. The molecule has 0 radical (unpaired) electrons. The van der Waals surface area contributed by atoms with E-state index in [1.165, 1.54) is 0 Å². The normalized spacial score (nSPS) is 12.3. The predicted octanol–water partition coefficient (Wildman–Crippen LogP) is 4.87. The Morgan fingerprint density at radius 1 is 1.09 bits per heavy atom. The van der Waals surface area contributed by atoms with Crippen molar-refractivity contribution in [2.24, 2.45) is 0 Å². The number of carbonyl (C=O) groups is 1. The van der Waals surface area contributed by atoms with Crippen molar-refractivity contribution in [3.63, 3.8) is 0 Å². The van der Waals surface area contributed by atoms with E-state index in [1.807, 2.05) is 6.07 Å². The van der Waals surface area contributed by atoms with Crippen LogP contribution in [0, 0.1) is 0 Å². The second kappa shape index (κ2) is 6.15. The lowest BCUT2D eigenvalue weighted by molar-refractivity contribution is -0.130. The molecule has 122 valence electrons. The molecule has 22 heavy (non-hydrogen) atoms. The topological polar surface area (TPSA) is 57.5 Å². The number of carboxylic acids is 1. The van der Waals surface area contributed by atoms with Gasteiger partial charge < -0.3 is 10.2 Å². The Bertz CT molecular complexity index is 595. The Morgan fingerprint density at radius 2 is 1.59 bits per heavy atom. The highest BCUT2D eigenvalue weighted by atomic mass is 16.4. The van der Waals surface area contributed by atoms with Gasteiger partial charge in [-0.15, -0.1) is 0 Å². The molecule has 0 unspecified atom stereocenters. The number of phenolic OH excluding ortho intramolecular Hbond substituents is 1. The van der Waals surface area contributed by atoms with E-state index in [4.69, 9.17) is 0 Å². The van der Waals surface area contributed by atoms with Crippen LogP contribution in [0.25, 0.3) is 5.57 Å². The van der Waals surface area contributed by atoms with E-state index in [1.54, 1.807) is 6.07 Å². The molecule has 0 saturated carbocycles. The van der Waals surface area contributed by atoms with Crippen molar-refractivity contribution in [1.82, 2.24) is 0 Å². The summed E-state index contributed by atoms with van der Waals surface area (Å²) in [7, 11) is 0. The Kier molecular flexibility index (Phi) is 5.11. The zero-order valence-corrected chi connectivity index (χ0v) is 14.6. The summed E-state index contributed by atoms with van der Waals surface area (Å²) < 4.78 is 0. The van der Waals surface area contributed by atoms with E-state index >= 15 is 0 Å². The summed E-state index contributed by atoms with van der Waals surface area (Å²) in [5.74, 6) is -1.07. The molecule has 1 aromatic rings. The highest BCUT2D eigenvalue weighted by molar-refractivity contribution is 6.15. The van der Waals surface area contributed by atoms with Gasteiger partial charge in [0.2, 0.25) is 0 Å². The molecule has 3 nitrogen and oxygen atoms in total. The molecule has 0 aliphatic heterocycles. The zero-order chi connectivity index (χ0) is 17.3. The fraction of sp³-hybridized carbons (Fsp3) is 0.526. The Labute approximate surface area is 133 Å². The van der Waals surface area contributed by atoms with Crippen LogP contribution in [0.1, 0.15) is 71.1 Å². The predicted molar refractivity (Wildman–Crippen MR) is 91.4 cm³/mol. The minimum Gasteiger partial charge on any atom is -0.507 e. The van der Waals surface area contributed by atoms with Crippen LogP contribution < -0.4 is 0 Å². The van der Waals surface area contributed by atoms with Crippen molar-refractivity contribution < 1.29 is 15.0 Å². The molecular weight excluding hydrogens is 276 g/mol. The van der Waals surface area contributed by atoms with E-state index in [0.29, 0.717) is 5.56 Å². The van der Waals surface area contributed by atoms with Gasteiger partial charge in [0.15, 0.2) is 0 Å². The number of hydrogen-bond donors (Lipinski definition) is 2. The van der Waals surface area contributed by atoms with E-state index in [9.17, 15) is 15.0 Å². The fourth-order valence-electron chi connectivity index (χ4n) is 2.28. The largest absolute Gasteiger partial charge is 0.507 e. The van der Waals surface area contributed by atoms with Crippen LogP contribution in [0.4, 0.5) is 0 Å². The maximum atomic E-state index is 11.3. The van der Waals surface area contributed by atoms with Crippen LogP contribution in [-0.2, 0) is 15.6 Å². The van der Waals surface area contributed by atoms with Gasteiger partial charge in [0, 0.05) is 11.1 Å². The van der Waals surface area contributed by atoms with Gasteiger partial charge in [0.25, 0.3) is 0 Å². The highest BCUT2D eigenvalue weighted by Gasteiger charge is 2.29. The number of carboxylic acid groups (broad SMARTS) is 1. The van der Waals surface area contributed by atoms with Crippen molar-refractivity contribution >= 4 is 11.5 Å². The average molecular weight is 304 g/mol. The fourth-order valence-corrected chi connectivity index (χ4v) is 2.28. The molecule has 3 heteroatoms. The molecule has 2 N–H and O–H groups in total. The molecule has 0 fully saturated rings. The van der Waals surface area contributed by atoms with Gasteiger partial charge in [-0.1, -0.05) is 54.2 Å². The minimum absolute atomic E-state index is 0.0369. The third-order valence-electron chi connectivity index (χ3n) is 4.97. The first kappa shape index (κ1) is 18.3. The quantitative estimate of drug-likeness (QED) is 0.737. The SMILES string of the molecule is C=C(C(=O)O)c1cc(C(C)(C)CC)cc(C(C)(C)CC)c1O. The van der Waals surface area contributed by atoms with E-state index in [-0.39, 0.29) is 22.2 Å². The molecule has 1 rings (SSSR count). The summed E-state index contributed by atoms with van der Waals surface area (Å²) in [6.45, 7) is 16.1. The van der Waals surface area contributed by atoms with Crippen LogP contribution in [0.2, 0.25) is 0 Å². The molecule has 0 aliphatic rings. The molecule has 0 atom stereocenters. The third-order valence-corrected chi connectivity index (χ3v) is 4.97. The minimum atomic E-state index is -1.11. The first-order valence-electron chi connectivity index (χ1n) is 7.78. The maximum Gasteiger partial charge on any atom is 0.335 e. The summed E-state index contributed by atoms with van der Waals surface area (Å²) in [5.41, 5.74) is 1.73. The van der Waals surface area contributed by atoms with E-state index in [2.05, 4.69) is 48.1 Å². The molecule has 0 spiro atoms. The van der Waals surface area contributed by atoms with Crippen LogP contribution in [0.3, 0.4) is 0 Å². The first-order chi connectivity index (χ1) is 9.97. The molecule has 0 aliphatic carbocycles. The number of benzene rings is 1. The molecule has 1 aromatic carbocycles. The average Bonchev–Trinajstić information content (AvgIpc) is 2.46. The second-order valence-corrected chi connectivity index (χ2v) is 7.18. The molecule has 0 heterocycles. The summed E-state index contributed by atoms with van der Waals surface area (Å²) in [4.78, 5) is 11.3. The van der Waals surface area contributed by atoms with Gasteiger partial charge in [-0.2, -0.15) is 0 Å². The Hall–Kier alpha value is -1.77. The lowest BCUT2D eigenvalue weighted by Crippen LogP contribution is -2.21. The first-order valence-corrected chi connectivity index (χ1v) is 7.78. The third kappa shape index (κ3) is 3.34. The van der Waals surface area contributed by atoms with E-state index in [0.717, 1.165) is 24.0 Å². The van der Waals surface area contributed by atoms with Gasteiger partial charge in [-0.3, -0.25) is 0 Å². The zero-order valence-electron chi connectivity index (χ0n) is 14.6. The van der Waals surface area contributed by atoms with Crippen LogP contribution in [0.5, 0.6) is 5.75 Å². The monoisotopic (exact) mass is 304 g/mol. The summed E-state index contributed by atoms with van der Waals surface area (Å²) >= 11 is 0. The Morgan fingerprint density at radius 3 is 2.00 bits per heavy atom. The van der Waals surface area contributed by atoms with Crippen molar-refractivity contribution in [3.8, 4) is 5.75 Å². The van der Waals surface area contributed by atoms with Crippen molar-refractivity contribution in [3.05, 3.63) is 35.4 Å². The summed E-state index contributed by atoms with van der Waals surface area (Å²) in [6, 6.07) is 3.78. The summed E-state index contributed by atoms with van der Waals surface area (Å²) in [6.07, 6.45) is 1.76. The Balaban J connectivity index is 3.72. The molecule has 0 bridgehead atoms. The molecule has 0 amide bonds.